The van der Waals surface area contributed by atoms with Gasteiger partial charge in [-0.25, -0.2) is 9.37 Å². The molecule has 0 aliphatic heterocycles. The molecule has 0 spiro atoms. The van der Waals surface area contributed by atoms with Crippen molar-refractivity contribution in [1.29, 1.82) is 0 Å². The first-order valence-corrected chi connectivity index (χ1v) is 8.49. The number of nitrogens with one attached hydrogen (secondary N) is 2. The number of pyridine rings is 1. The van der Waals surface area contributed by atoms with Gasteiger partial charge in [0.15, 0.2) is 0 Å². The molecule has 0 saturated carbocycles. The van der Waals surface area contributed by atoms with Crippen LogP contribution in [0.5, 0.6) is 5.75 Å². The Balaban J connectivity index is 1.50. The van der Waals surface area contributed by atoms with Gasteiger partial charge in [0, 0.05) is 6.54 Å². The predicted molar refractivity (Wildman–Crippen MR) is 103 cm³/mol. The van der Waals surface area contributed by atoms with Crippen LogP contribution in [0.25, 0.3) is 0 Å². The van der Waals surface area contributed by atoms with Crippen molar-refractivity contribution in [3.63, 3.8) is 0 Å². The van der Waals surface area contributed by atoms with Crippen LogP contribution in [-0.2, 0) is 17.8 Å². The Kier molecular flexibility index (Phi) is 5.99. The van der Waals surface area contributed by atoms with Crippen LogP contribution < -0.4 is 15.4 Å². The number of anilines is 2. The van der Waals surface area contributed by atoms with Crippen LogP contribution in [0.3, 0.4) is 0 Å². The summed E-state index contributed by atoms with van der Waals surface area (Å²) in [4.78, 5) is 16.4. The molecule has 0 aliphatic carbocycles. The number of halogens is 1. The monoisotopic (exact) mass is 365 g/mol. The van der Waals surface area contributed by atoms with E-state index in [9.17, 15) is 9.18 Å². The minimum Gasteiger partial charge on any atom is -0.497 e. The van der Waals surface area contributed by atoms with Crippen molar-refractivity contribution in [3.05, 3.63) is 83.8 Å². The third-order valence-electron chi connectivity index (χ3n) is 3.96. The molecule has 5 nitrogen and oxygen atoms in total. The van der Waals surface area contributed by atoms with E-state index >= 15 is 0 Å². The SMILES string of the molecule is COc1ccc(CNc2ccc(NC(=O)Cc3ccc(F)cc3)cn2)cc1. The summed E-state index contributed by atoms with van der Waals surface area (Å²) in [5.41, 5.74) is 2.46. The molecule has 27 heavy (non-hydrogen) atoms. The van der Waals surface area contributed by atoms with Gasteiger partial charge in [-0.05, 0) is 47.5 Å². The lowest BCUT2D eigenvalue weighted by atomic mass is 10.1. The van der Waals surface area contributed by atoms with E-state index in [4.69, 9.17) is 4.74 Å². The van der Waals surface area contributed by atoms with Crippen molar-refractivity contribution in [2.75, 3.05) is 17.7 Å². The fourth-order valence-corrected chi connectivity index (χ4v) is 2.50. The average Bonchev–Trinajstić information content (AvgIpc) is 2.69. The first-order chi connectivity index (χ1) is 13.1. The Bertz CT molecular complexity index is 879. The number of rotatable bonds is 7. The molecule has 0 saturated heterocycles. The van der Waals surface area contributed by atoms with E-state index in [1.807, 2.05) is 24.3 Å². The molecule has 0 bridgehead atoms. The maximum absolute atomic E-state index is 12.9. The molecule has 6 heteroatoms. The average molecular weight is 365 g/mol. The second-order valence-corrected chi connectivity index (χ2v) is 5.99. The van der Waals surface area contributed by atoms with E-state index in [0.29, 0.717) is 18.1 Å². The highest BCUT2D eigenvalue weighted by molar-refractivity contribution is 5.92. The molecule has 1 aromatic heterocycles. The van der Waals surface area contributed by atoms with Gasteiger partial charge in [0.1, 0.15) is 17.4 Å². The maximum Gasteiger partial charge on any atom is 0.228 e. The van der Waals surface area contributed by atoms with Crippen LogP contribution in [-0.4, -0.2) is 18.0 Å². The fraction of sp³-hybridized carbons (Fsp3) is 0.143. The normalized spacial score (nSPS) is 10.3. The topological polar surface area (TPSA) is 63.2 Å². The van der Waals surface area contributed by atoms with E-state index in [2.05, 4.69) is 15.6 Å². The van der Waals surface area contributed by atoms with Crippen LogP contribution in [0.2, 0.25) is 0 Å². The highest BCUT2D eigenvalue weighted by atomic mass is 19.1. The molecule has 3 rings (SSSR count). The van der Waals surface area contributed by atoms with Crippen molar-refractivity contribution in [2.24, 2.45) is 0 Å². The number of carbonyl (C=O) groups is 1. The second kappa shape index (κ2) is 8.80. The summed E-state index contributed by atoms with van der Waals surface area (Å²) in [7, 11) is 1.64. The molecular weight excluding hydrogens is 345 g/mol. The Hall–Kier alpha value is -3.41. The third-order valence-corrected chi connectivity index (χ3v) is 3.96. The number of hydrogen-bond donors (Lipinski definition) is 2. The number of aromatic nitrogens is 1. The van der Waals surface area contributed by atoms with Crippen LogP contribution in [0.4, 0.5) is 15.9 Å². The Labute approximate surface area is 157 Å². The Morgan fingerprint density at radius 2 is 1.70 bits per heavy atom. The molecule has 0 atom stereocenters. The van der Waals surface area contributed by atoms with Gasteiger partial charge in [0.05, 0.1) is 25.4 Å². The summed E-state index contributed by atoms with van der Waals surface area (Å²) >= 11 is 0. The minimum absolute atomic E-state index is 0.178. The van der Waals surface area contributed by atoms with E-state index in [0.717, 1.165) is 16.9 Å². The Morgan fingerprint density at radius 3 is 2.33 bits per heavy atom. The van der Waals surface area contributed by atoms with Gasteiger partial charge in [-0.2, -0.15) is 0 Å². The lowest BCUT2D eigenvalue weighted by Crippen LogP contribution is -2.14. The van der Waals surface area contributed by atoms with Crippen molar-refractivity contribution >= 4 is 17.4 Å². The number of ether oxygens (including phenoxy) is 1. The summed E-state index contributed by atoms with van der Waals surface area (Å²) in [5.74, 6) is 1.03. The zero-order valence-corrected chi connectivity index (χ0v) is 14.9. The van der Waals surface area contributed by atoms with Gasteiger partial charge >= 0.3 is 0 Å². The van der Waals surface area contributed by atoms with Crippen molar-refractivity contribution in [3.8, 4) is 5.75 Å². The summed E-state index contributed by atoms with van der Waals surface area (Å²) < 4.78 is 18.0. The fourth-order valence-electron chi connectivity index (χ4n) is 2.50. The Morgan fingerprint density at radius 1 is 1.00 bits per heavy atom. The number of hydrogen-bond acceptors (Lipinski definition) is 4. The van der Waals surface area contributed by atoms with Crippen LogP contribution in [0.15, 0.2) is 66.9 Å². The maximum atomic E-state index is 12.9. The highest BCUT2D eigenvalue weighted by Gasteiger charge is 2.05. The molecular formula is C21H20FN3O2. The minimum atomic E-state index is -0.318. The van der Waals surface area contributed by atoms with Gasteiger partial charge in [0.25, 0.3) is 0 Å². The molecule has 2 aromatic carbocycles. The van der Waals surface area contributed by atoms with E-state index in [1.165, 1.54) is 12.1 Å². The number of benzene rings is 2. The van der Waals surface area contributed by atoms with Crippen LogP contribution >= 0.6 is 0 Å². The van der Waals surface area contributed by atoms with E-state index in [-0.39, 0.29) is 18.1 Å². The molecule has 1 amide bonds. The predicted octanol–water partition coefficient (Wildman–Crippen LogP) is 4.02. The lowest BCUT2D eigenvalue weighted by Gasteiger charge is -2.09. The smallest absolute Gasteiger partial charge is 0.228 e. The molecule has 0 aliphatic rings. The van der Waals surface area contributed by atoms with Gasteiger partial charge in [-0.1, -0.05) is 24.3 Å². The molecule has 0 fully saturated rings. The van der Waals surface area contributed by atoms with Gasteiger partial charge in [-0.3, -0.25) is 4.79 Å². The molecule has 2 N–H and O–H groups in total. The molecule has 0 radical (unpaired) electrons. The summed E-state index contributed by atoms with van der Waals surface area (Å²) in [5, 5.41) is 6.01. The van der Waals surface area contributed by atoms with Gasteiger partial charge in [-0.15, -0.1) is 0 Å². The van der Waals surface area contributed by atoms with Crippen molar-refractivity contribution < 1.29 is 13.9 Å². The van der Waals surface area contributed by atoms with E-state index < -0.39 is 0 Å². The lowest BCUT2D eigenvalue weighted by molar-refractivity contribution is -0.115. The number of amides is 1. The summed E-state index contributed by atoms with van der Waals surface area (Å²) in [6.45, 7) is 0.632. The first kappa shape index (κ1) is 18.4. The molecule has 138 valence electrons. The second-order valence-electron chi connectivity index (χ2n) is 5.99. The quantitative estimate of drug-likeness (QED) is 0.664. The molecule has 3 aromatic rings. The van der Waals surface area contributed by atoms with Gasteiger partial charge < -0.3 is 15.4 Å². The summed E-state index contributed by atoms with van der Waals surface area (Å²) in [6, 6.07) is 17.2. The van der Waals surface area contributed by atoms with Crippen LogP contribution in [0, 0.1) is 5.82 Å². The highest BCUT2D eigenvalue weighted by Crippen LogP contribution is 2.14. The zero-order valence-electron chi connectivity index (χ0n) is 14.9. The number of methoxy groups -OCH3 is 1. The van der Waals surface area contributed by atoms with Gasteiger partial charge in [0.2, 0.25) is 5.91 Å². The number of carbonyl (C=O) groups excluding carboxylic acids is 1. The third kappa shape index (κ3) is 5.54. The largest absolute Gasteiger partial charge is 0.497 e. The first-order valence-electron chi connectivity index (χ1n) is 8.49. The van der Waals surface area contributed by atoms with Crippen molar-refractivity contribution in [2.45, 2.75) is 13.0 Å². The summed E-state index contributed by atoms with van der Waals surface area (Å²) in [6.07, 6.45) is 1.77. The van der Waals surface area contributed by atoms with Crippen LogP contribution in [0.1, 0.15) is 11.1 Å². The number of nitrogens with zero attached hydrogens (tertiary/aromatic N) is 1. The van der Waals surface area contributed by atoms with Crippen molar-refractivity contribution in [1.82, 2.24) is 4.98 Å². The molecule has 1 heterocycles. The molecule has 0 unspecified atom stereocenters. The zero-order chi connectivity index (χ0) is 19.1. The standard InChI is InChI=1S/C21H20FN3O2/c1-27-19-9-4-16(5-10-19)13-23-20-11-8-18(14-24-20)25-21(26)12-15-2-6-17(22)7-3-15/h2-11,14H,12-13H2,1H3,(H,23,24)(H,25,26). The van der Waals surface area contributed by atoms with E-state index in [1.54, 1.807) is 37.6 Å².